The predicted molar refractivity (Wildman–Crippen MR) is 124 cm³/mol. The third kappa shape index (κ3) is 4.26. The number of carbonyl (C=O) groups excluding carboxylic acids is 3. The topological polar surface area (TPSA) is 78.5 Å². The molecule has 7 heteroatoms. The molecule has 0 unspecified atom stereocenters. The van der Waals surface area contributed by atoms with Crippen molar-refractivity contribution in [2.75, 3.05) is 10.2 Å². The highest BCUT2D eigenvalue weighted by molar-refractivity contribution is 7.80. The minimum Gasteiger partial charge on any atom is -0.332 e. The van der Waals surface area contributed by atoms with E-state index in [2.05, 4.69) is 10.6 Å². The number of benzene rings is 3. The number of anilines is 2. The Morgan fingerprint density at radius 1 is 0.839 bits per heavy atom. The maximum Gasteiger partial charge on any atom is 0.268 e. The molecular weight excluding hydrogens is 410 g/mol. The Morgan fingerprint density at radius 3 is 2.23 bits per heavy atom. The zero-order valence-electron chi connectivity index (χ0n) is 16.2. The van der Waals surface area contributed by atoms with E-state index >= 15 is 0 Å². The van der Waals surface area contributed by atoms with Gasteiger partial charge in [-0.3, -0.25) is 19.7 Å². The first kappa shape index (κ1) is 20.2. The summed E-state index contributed by atoms with van der Waals surface area (Å²) in [6, 6.07) is 23.0. The van der Waals surface area contributed by atoms with E-state index in [1.54, 1.807) is 48.5 Å². The van der Waals surface area contributed by atoms with Crippen molar-refractivity contribution in [1.29, 1.82) is 0 Å². The molecule has 0 saturated carbocycles. The Labute approximate surface area is 184 Å². The van der Waals surface area contributed by atoms with Gasteiger partial charge in [0.2, 0.25) is 5.91 Å². The molecule has 0 aromatic heterocycles. The largest absolute Gasteiger partial charge is 0.332 e. The maximum absolute atomic E-state index is 13.0. The second-order valence-electron chi connectivity index (χ2n) is 6.70. The van der Waals surface area contributed by atoms with E-state index in [1.165, 1.54) is 6.08 Å². The molecule has 152 valence electrons. The molecule has 0 bridgehead atoms. The number of amides is 3. The molecule has 3 aromatic carbocycles. The average Bonchev–Trinajstić information content (AvgIpc) is 3.04. The number of imide groups is 1. The summed E-state index contributed by atoms with van der Waals surface area (Å²) in [5, 5.41) is 5.43. The third-order valence-electron chi connectivity index (χ3n) is 4.64. The van der Waals surface area contributed by atoms with E-state index in [4.69, 9.17) is 12.2 Å². The number of carbonyl (C=O) groups is 3. The van der Waals surface area contributed by atoms with Crippen LogP contribution in [0, 0.1) is 0 Å². The number of hydrogen-bond acceptors (Lipinski definition) is 4. The van der Waals surface area contributed by atoms with E-state index in [0.717, 1.165) is 10.5 Å². The van der Waals surface area contributed by atoms with Crippen LogP contribution in [0.5, 0.6) is 0 Å². The van der Waals surface area contributed by atoms with Crippen molar-refractivity contribution in [3.05, 3.63) is 102 Å². The summed E-state index contributed by atoms with van der Waals surface area (Å²) in [6.45, 7) is 0. The molecule has 0 saturated heterocycles. The van der Waals surface area contributed by atoms with Gasteiger partial charge in [0, 0.05) is 6.08 Å². The molecule has 3 amide bonds. The number of nitrogens with zero attached hydrogens (tertiary/aromatic N) is 1. The molecule has 3 aromatic rings. The number of rotatable bonds is 4. The van der Waals surface area contributed by atoms with Crippen LogP contribution < -0.4 is 15.5 Å². The fraction of sp³-hybridized carbons (Fsp3) is 0. The van der Waals surface area contributed by atoms with Gasteiger partial charge in [0.25, 0.3) is 11.8 Å². The monoisotopic (exact) mass is 427 g/mol. The summed E-state index contributed by atoms with van der Waals surface area (Å²) in [6.07, 6.45) is 3.03. The quantitative estimate of drug-likeness (QED) is 0.374. The molecule has 6 nitrogen and oxygen atoms in total. The van der Waals surface area contributed by atoms with Gasteiger partial charge in [-0.25, -0.2) is 4.90 Å². The number of thiocarbonyl (C=S) groups is 1. The van der Waals surface area contributed by atoms with E-state index in [0.29, 0.717) is 11.4 Å². The van der Waals surface area contributed by atoms with E-state index in [9.17, 15) is 14.4 Å². The van der Waals surface area contributed by atoms with E-state index in [-0.39, 0.29) is 16.2 Å². The van der Waals surface area contributed by atoms with Gasteiger partial charge in [-0.1, -0.05) is 54.6 Å². The van der Waals surface area contributed by atoms with E-state index in [1.807, 2.05) is 36.4 Å². The molecule has 31 heavy (non-hydrogen) atoms. The van der Waals surface area contributed by atoms with Gasteiger partial charge >= 0.3 is 0 Å². The summed E-state index contributed by atoms with van der Waals surface area (Å²) < 4.78 is 0. The first-order valence-electron chi connectivity index (χ1n) is 9.46. The van der Waals surface area contributed by atoms with Crippen molar-refractivity contribution in [2.24, 2.45) is 0 Å². The number of hydrogen-bond donors (Lipinski definition) is 2. The van der Waals surface area contributed by atoms with Crippen LogP contribution in [-0.4, -0.2) is 22.8 Å². The van der Waals surface area contributed by atoms with Crippen LogP contribution in [0.25, 0.3) is 6.08 Å². The van der Waals surface area contributed by atoms with E-state index < -0.39 is 17.7 Å². The van der Waals surface area contributed by atoms with Gasteiger partial charge in [-0.05, 0) is 48.1 Å². The van der Waals surface area contributed by atoms with Crippen LogP contribution in [0.3, 0.4) is 0 Å². The smallest absolute Gasteiger partial charge is 0.268 e. The van der Waals surface area contributed by atoms with Crippen molar-refractivity contribution in [2.45, 2.75) is 0 Å². The molecule has 2 N–H and O–H groups in total. The lowest BCUT2D eigenvalue weighted by molar-refractivity contribution is -0.115. The zero-order valence-corrected chi connectivity index (χ0v) is 17.1. The van der Waals surface area contributed by atoms with Crippen LogP contribution in [0.2, 0.25) is 0 Å². The molecule has 1 aliphatic heterocycles. The first-order valence-corrected chi connectivity index (χ1v) is 9.87. The standard InChI is InChI=1S/C24H17N3O3S/c28-20(15-14-16-8-3-1-4-9-16)26-24(31)25-19-13-7-12-18-21(19)23(30)27(22(18)29)17-10-5-2-6-11-17/h1-15H,(H2,25,26,28,31)/b15-14+. The number of fused-ring (bicyclic) bond motifs is 1. The molecule has 4 rings (SSSR count). The minimum absolute atomic E-state index is 0.0227. The normalized spacial score (nSPS) is 12.7. The number of para-hydroxylation sites is 1. The molecular formula is C24H17N3O3S. The highest BCUT2D eigenvalue weighted by Crippen LogP contribution is 2.32. The molecule has 0 atom stereocenters. The molecule has 1 heterocycles. The summed E-state index contributed by atoms with van der Waals surface area (Å²) >= 11 is 5.22. The second-order valence-corrected chi connectivity index (χ2v) is 7.11. The van der Waals surface area contributed by atoms with Crippen molar-refractivity contribution in [1.82, 2.24) is 5.32 Å². The highest BCUT2D eigenvalue weighted by Gasteiger charge is 2.38. The Morgan fingerprint density at radius 2 is 1.52 bits per heavy atom. The Balaban J connectivity index is 1.49. The molecule has 1 aliphatic rings. The fourth-order valence-corrected chi connectivity index (χ4v) is 3.45. The van der Waals surface area contributed by atoms with Crippen LogP contribution in [0.1, 0.15) is 26.3 Å². The lowest BCUT2D eigenvalue weighted by atomic mass is 10.1. The molecule has 0 fully saturated rings. The van der Waals surface area contributed by atoms with Crippen LogP contribution >= 0.6 is 12.2 Å². The second kappa shape index (κ2) is 8.73. The SMILES string of the molecule is O=C(/C=C/c1ccccc1)NC(=S)Nc1cccc2c1C(=O)N(c1ccccc1)C2=O. The van der Waals surface area contributed by atoms with Crippen LogP contribution in [-0.2, 0) is 4.79 Å². The molecule has 0 radical (unpaired) electrons. The summed E-state index contributed by atoms with van der Waals surface area (Å²) in [5.41, 5.74) is 2.21. The Hall–Kier alpha value is -4.10. The molecule has 0 aliphatic carbocycles. The Kier molecular flexibility index (Phi) is 5.68. The zero-order chi connectivity index (χ0) is 21.8. The predicted octanol–water partition coefficient (Wildman–Crippen LogP) is 4.01. The van der Waals surface area contributed by atoms with Gasteiger partial charge in [0.05, 0.1) is 22.5 Å². The Bertz CT molecular complexity index is 1210. The molecule has 0 spiro atoms. The fourth-order valence-electron chi connectivity index (χ4n) is 3.24. The maximum atomic E-state index is 13.0. The average molecular weight is 427 g/mol. The third-order valence-corrected chi connectivity index (χ3v) is 4.85. The van der Waals surface area contributed by atoms with Gasteiger partial charge in [0.1, 0.15) is 0 Å². The minimum atomic E-state index is -0.451. The van der Waals surface area contributed by atoms with Gasteiger partial charge in [-0.15, -0.1) is 0 Å². The number of nitrogens with one attached hydrogen (secondary N) is 2. The lowest BCUT2D eigenvalue weighted by Crippen LogP contribution is -2.33. The van der Waals surface area contributed by atoms with Crippen molar-refractivity contribution < 1.29 is 14.4 Å². The van der Waals surface area contributed by atoms with Gasteiger partial charge in [-0.2, -0.15) is 0 Å². The van der Waals surface area contributed by atoms with Gasteiger partial charge in [0.15, 0.2) is 5.11 Å². The highest BCUT2D eigenvalue weighted by atomic mass is 32.1. The summed E-state index contributed by atoms with van der Waals surface area (Å²) in [7, 11) is 0. The summed E-state index contributed by atoms with van der Waals surface area (Å²) in [5.74, 6) is -1.27. The van der Waals surface area contributed by atoms with Crippen LogP contribution in [0.4, 0.5) is 11.4 Å². The van der Waals surface area contributed by atoms with Crippen molar-refractivity contribution in [3.8, 4) is 0 Å². The van der Waals surface area contributed by atoms with Crippen LogP contribution in [0.15, 0.2) is 84.9 Å². The van der Waals surface area contributed by atoms with Gasteiger partial charge < -0.3 is 5.32 Å². The first-order chi connectivity index (χ1) is 15.0. The summed E-state index contributed by atoms with van der Waals surface area (Å²) in [4.78, 5) is 39.1. The van der Waals surface area contributed by atoms with Crippen molar-refractivity contribution >= 4 is 52.5 Å². The van der Waals surface area contributed by atoms with Crippen molar-refractivity contribution in [3.63, 3.8) is 0 Å². The lowest BCUT2D eigenvalue weighted by Gasteiger charge is -2.14.